The fraction of sp³-hybridized carbons (Fsp3) is 0.583. The van der Waals surface area contributed by atoms with E-state index in [9.17, 15) is 8.42 Å². The second-order valence-electron chi connectivity index (χ2n) is 4.44. The Hall–Kier alpha value is -1.10. The molecule has 0 aliphatic carbocycles. The van der Waals surface area contributed by atoms with E-state index in [0.717, 1.165) is 6.42 Å². The van der Waals surface area contributed by atoms with Crippen molar-refractivity contribution in [1.82, 2.24) is 4.98 Å². The summed E-state index contributed by atoms with van der Waals surface area (Å²) in [4.78, 5) is 4.37. The van der Waals surface area contributed by atoms with E-state index in [1.54, 1.807) is 18.3 Å². The number of nitrogens with zero attached hydrogens (tertiary/aromatic N) is 1. The van der Waals surface area contributed by atoms with Gasteiger partial charge >= 0.3 is 0 Å². The van der Waals surface area contributed by atoms with E-state index in [1.165, 1.54) is 6.26 Å². The van der Waals surface area contributed by atoms with Gasteiger partial charge in [0.25, 0.3) is 0 Å². The van der Waals surface area contributed by atoms with Crippen LogP contribution in [0.2, 0.25) is 0 Å². The van der Waals surface area contributed by atoms with E-state index in [2.05, 4.69) is 24.1 Å². The number of sulfone groups is 1. The minimum atomic E-state index is -3.24. The van der Waals surface area contributed by atoms with E-state index in [0.29, 0.717) is 11.7 Å². The summed E-state index contributed by atoms with van der Waals surface area (Å²) < 4.78 is 23.2. The van der Waals surface area contributed by atoms with Crippen LogP contribution in [0.15, 0.2) is 23.2 Å². The first kappa shape index (κ1) is 14.0. The maximum absolute atomic E-state index is 11.6. The highest BCUT2D eigenvalue weighted by Gasteiger charge is 2.17. The normalized spacial score (nSPS) is 15.3. The van der Waals surface area contributed by atoms with Crippen molar-refractivity contribution in [1.29, 1.82) is 0 Å². The van der Waals surface area contributed by atoms with Crippen molar-refractivity contribution in [2.24, 2.45) is 5.92 Å². The molecule has 0 aliphatic heterocycles. The molecular formula is C12H20N2O2S. The van der Waals surface area contributed by atoms with E-state index in [-0.39, 0.29) is 10.9 Å². The average molecular weight is 256 g/mol. The predicted octanol–water partition coefficient (Wildman–Crippen LogP) is 2.33. The quantitative estimate of drug-likeness (QED) is 0.878. The van der Waals surface area contributed by atoms with Crippen LogP contribution in [0, 0.1) is 5.92 Å². The lowest BCUT2D eigenvalue weighted by atomic mass is 10.0. The molecule has 0 saturated carbocycles. The molecule has 0 aromatic carbocycles. The lowest BCUT2D eigenvalue weighted by molar-refractivity contribution is 0.492. The fourth-order valence-electron chi connectivity index (χ4n) is 1.51. The number of hydrogen-bond acceptors (Lipinski definition) is 4. The van der Waals surface area contributed by atoms with Crippen molar-refractivity contribution < 1.29 is 8.42 Å². The van der Waals surface area contributed by atoms with Gasteiger partial charge in [0, 0.05) is 18.5 Å². The number of rotatable bonds is 5. The lowest BCUT2D eigenvalue weighted by Crippen LogP contribution is -2.24. The van der Waals surface area contributed by atoms with Gasteiger partial charge in [-0.05, 0) is 25.0 Å². The zero-order valence-corrected chi connectivity index (χ0v) is 11.6. The van der Waals surface area contributed by atoms with Gasteiger partial charge in [-0.1, -0.05) is 20.3 Å². The molecule has 1 rings (SSSR count). The molecule has 17 heavy (non-hydrogen) atoms. The van der Waals surface area contributed by atoms with Crippen LogP contribution in [0.25, 0.3) is 0 Å². The molecule has 1 aromatic rings. The molecule has 1 heterocycles. The Morgan fingerprint density at radius 1 is 1.41 bits per heavy atom. The molecule has 0 aliphatic rings. The third-order valence-corrected chi connectivity index (χ3v) is 4.16. The van der Waals surface area contributed by atoms with Gasteiger partial charge in [-0.15, -0.1) is 0 Å². The van der Waals surface area contributed by atoms with Crippen LogP contribution >= 0.6 is 0 Å². The van der Waals surface area contributed by atoms with Gasteiger partial charge in [-0.2, -0.15) is 0 Å². The van der Waals surface area contributed by atoms with Crippen molar-refractivity contribution in [2.75, 3.05) is 11.6 Å². The first-order valence-electron chi connectivity index (χ1n) is 5.77. The molecule has 0 spiro atoms. The highest BCUT2D eigenvalue weighted by atomic mass is 32.2. The standard InChI is InChI=1S/C12H20N2O2S/c1-5-9(2)10(3)14-12-11(17(4,15)16)7-6-8-13-12/h6-10H,5H2,1-4H3,(H,13,14). The van der Waals surface area contributed by atoms with Crippen molar-refractivity contribution in [2.45, 2.75) is 38.1 Å². The SMILES string of the molecule is CCC(C)C(C)Nc1ncccc1S(C)(=O)=O. The van der Waals surface area contributed by atoms with Crippen LogP contribution in [0.4, 0.5) is 5.82 Å². The van der Waals surface area contributed by atoms with Crippen LogP contribution in [-0.4, -0.2) is 25.7 Å². The minimum absolute atomic E-state index is 0.190. The Balaban J connectivity index is 3.00. The van der Waals surface area contributed by atoms with Crippen LogP contribution < -0.4 is 5.32 Å². The first-order valence-corrected chi connectivity index (χ1v) is 7.67. The Kier molecular flexibility index (Phi) is 4.51. The summed E-state index contributed by atoms with van der Waals surface area (Å²) in [5.74, 6) is 0.909. The van der Waals surface area contributed by atoms with Crippen molar-refractivity contribution in [3.63, 3.8) is 0 Å². The Morgan fingerprint density at radius 3 is 2.59 bits per heavy atom. The molecule has 0 amide bonds. The minimum Gasteiger partial charge on any atom is -0.366 e. The number of nitrogens with one attached hydrogen (secondary N) is 1. The number of aromatic nitrogens is 1. The molecule has 1 N–H and O–H groups in total. The molecule has 0 radical (unpaired) electrons. The number of hydrogen-bond donors (Lipinski definition) is 1. The Bertz CT molecular complexity index is 471. The first-order chi connectivity index (χ1) is 7.86. The van der Waals surface area contributed by atoms with Gasteiger partial charge in [-0.25, -0.2) is 13.4 Å². The Morgan fingerprint density at radius 2 is 2.06 bits per heavy atom. The molecule has 2 atom stereocenters. The maximum Gasteiger partial charge on any atom is 0.179 e. The summed E-state index contributed by atoms with van der Waals surface area (Å²) in [6.45, 7) is 6.27. The van der Waals surface area contributed by atoms with Gasteiger partial charge < -0.3 is 5.32 Å². The van der Waals surface area contributed by atoms with Gasteiger partial charge in [-0.3, -0.25) is 0 Å². The molecule has 1 aromatic heterocycles. The third-order valence-electron chi connectivity index (χ3n) is 3.03. The molecule has 96 valence electrons. The highest BCUT2D eigenvalue weighted by molar-refractivity contribution is 7.90. The molecule has 4 nitrogen and oxygen atoms in total. The second kappa shape index (κ2) is 5.49. The summed E-state index contributed by atoms with van der Waals surface area (Å²) in [6.07, 6.45) is 3.83. The monoisotopic (exact) mass is 256 g/mol. The van der Waals surface area contributed by atoms with Gasteiger partial charge in [0.15, 0.2) is 9.84 Å². The zero-order valence-electron chi connectivity index (χ0n) is 10.8. The van der Waals surface area contributed by atoms with Crippen LogP contribution in [-0.2, 0) is 9.84 Å². The summed E-state index contributed by atoms with van der Waals surface area (Å²) in [6, 6.07) is 3.40. The van der Waals surface area contributed by atoms with Gasteiger partial charge in [0.2, 0.25) is 0 Å². The van der Waals surface area contributed by atoms with Crippen molar-refractivity contribution >= 4 is 15.7 Å². The van der Waals surface area contributed by atoms with Crippen molar-refractivity contribution in [3.8, 4) is 0 Å². The maximum atomic E-state index is 11.6. The van der Waals surface area contributed by atoms with Crippen LogP contribution in [0.1, 0.15) is 27.2 Å². The van der Waals surface area contributed by atoms with E-state index in [1.807, 2.05) is 6.92 Å². The molecule has 0 saturated heterocycles. The van der Waals surface area contributed by atoms with Crippen LogP contribution in [0.3, 0.4) is 0 Å². The predicted molar refractivity (Wildman–Crippen MR) is 69.9 cm³/mol. The fourth-order valence-corrected chi connectivity index (χ4v) is 2.30. The zero-order chi connectivity index (χ0) is 13.1. The Labute approximate surface area is 103 Å². The smallest absolute Gasteiger partial charge is 0.179 e. The van der Waals surface area contributed by atoms with Crippen LogP contribution in [0.5, 0.6) is 0 Å². The largest absolute Gasteiger partial charge is 0.366 e. The van der Waals surface area contributed by atoms with Gasteiger partial charge in [0.05, 0.1) is 0 Å². The number of pyridine rings is 1. The van der Waals surface area contributed by atoms with E-state index < -0.39 is 9.84 Å². The molecule has 0 fully saturated rings. The van der Waals surface area contributed by atoms with E-state index in [4.69, 9.17) is 0 Å². The topological polar surface area (TPSA) is 59.1 Å². The average Bonchev–Trinajstić information content (AvgIpc) is 2.27. The summed E-state index contributed by atoms with van der Waals surface area (Å²) in [7, 11) is -3.24. The molecule has 2 unspecified atom stereocenters. The summed E-state index contributed by atoms with van der Waals surface area (Å²) in [5, 5.41) is 3.18. The van der Waals surface area contributed by atoms with Gasteiger partial charge in [0.1, 0.15) is 10.7 Å². The third kappa shape index (κ3) is 3.70. The lowest BCUT2D eigenvalue weighted by Gasteiger charge is -2.21. The highest BCUT2D eigenvalue weighted by Crippen LogP contribution is 2.20. The molecule has 0 bridgehead atoms. The number of anilines is 1. The summed E-state index contributed by atoms with van der Waals surface area (Å²) in [5.41, 5.74) is 0. The summed E-state index contributed by atoms with van der Waals surface area (Å²) >= 11 is 0. The molecule has 5 heteroatoms. The van der Waals surface area contributed by atoms with E-state index >= 15 is 0 Å². The molecular weight excluding hydrogens is 236 g/mol. The second-order valence-corrected chi connectivity index (χ2v) is 6.43. The van der Waals surface area contributed by atoms with Crippen molar-refractivity contribution in [3.05, 3.63) is 18.3 Å².